The van der Waals surface area contributed by atoms with Crippen LogP contribution in [0.2, 0.25) is 10.0 Å². The Bertz CT molecular complexity index is 465. The number of hydrogen-bond donors (Lipinski definition) is 2. The molecule has 0 heterocycles. The molecule has 0 bridgehead atoms. The van der Waals surface area contributed by atoms with Gasteiger partial charge in [-0.1, -0.05) is 37.0 Å². The van der Waals surface area contributed by atoms with Crippen molar-refractivity contribution in [3.63, 3.8) is 0 Å². The molecule has 1 aromatic rings. The van der Waals surface area contributed by atoms with E-state index in [1.807, 2.05) is 0 Å². The quantitative estimate of drug-likeness (QED) is 0.774. The summed E-state index contributed by atoms with van der Waals surface area (Å²) in [5.74, 6) is 0.687. The molecule has 0 aliphatic rings. The highest BCUT2D eigenvalue weighted by atomic mass is 35.5. The van der Waals surface area contributed by atoms with Gasteiger partial charge < -0.3 is 15.8 Å². The zero-order chi connectivity index (χ0) is 15.1. The number of ether oxygens (including phenoxy) is 1. The Morgan fingerprint density at radius 3 is 2.70 bits per heavy atom. The highest BCUT2D eigenvalue weighted by Gasteiger charge is 2.11. The second-order valence-electron chi connectivity index (χ2n) is 4.97. The predicted octanol–water partition coefficient (Wildman–Crippen LogP) is 2.99. The summed E-state index contributed by atoms with van der Waals surface area (Å²) >= 11 is 12.1. The third-order valence-corrected chi connectivity index (χ3v) is 3.05. The van der Waals surface area contributed by atoms with Crippen molar-refractivity contribution in [3.8, 4) is 5.75 Å². The Morgan fingerprint density at radius 2 is 2.10 bits per heavy atom. The van der Waals surface area contributed by atoms with Crippen molar-refractivity contribution >= 4 is 29.1 Å². The SMILES string of the molecule is CC(C)CNCc1cc(Cl)cc(Cl)c1OCCC(N)=O. The molecule has 3 N–H and O–H groups in total. The Kier molecular flexibility index (Phi) is 7.13. The van der Waals surface area contributed by atoms with Crippen LogP contribution in [0.4, 0.5) is 0 Å². The zero-order valence-corrected chi connectivity index (χ0v) is 13.2. The Morgan fingerprint density at radius 1 is 1.40 bits per heavy atom. The highest BCUT2D eigenvalue weighted by molar-refractivity contribution is 6.35. The van der Waals surface area contributed by atoms with Crippen LogP contribution in [0.3, 0.4) is 0 Å². The predicted molar refractivity (Wildman–Crippen MR) is 82.3 cm³/mol. The summed E-state index contributed by atoms with van der Waals surface area (Å²) < 4.78 is 5.56. The fourth-order valence-corrected chi connectivity index (χ4v) is 2.25. The van der Waals surface area contributed by atoms with E-state index in [0.717, 1.165) is 12.1 Å². The zero-order valence-electron chi connectivity index (χ0n) is 11.7. The third-order valence-electron chi connectivity index (χ3n) is 2.55. The summed E-state index contributed by atoms with van der Waals surface area (Å²) in [6, 6.07) is 3.43. The van der Waals surface area contributed by atoms with Gasteiger partial charge >= 0.3 is 0 Å². The minimum atomic E-state index is -0.408. The molecule has 1 aromatic carbocycles. The molecule has 0 aromatic heterocycles. The number of amides is 1. The molecule has 20 heavy (non-hydrogen) atoms. The maximum Gasteiger partial charge on any atom is 0.220 e. The molecule has 0 saturated heterocycles. The fraction of sp³-hybridized carbons (Fsp3) is 0.500. The first-order chi connectivity index (χ1) is 9.40. The number of nitrogens with one attached hydrogen (secondary N) is 1. The maximum atomic E-state index is 10.7. The van der Waals surface area contributed by atoms with Gasteiger partial charge in [-0.05, 0) is 24.6 Å². The summed E-state index contributed by atoms with van der Waals surface area (Å²) in [6.45, 7) is 5.94. The van der Waals surface area contributed by atoms with Crippen molar-refractivity contribution in [1.82, 2.24) is 5.32 Å². The minimum Gasteiger partial charge on any atom is -0.491 e. The van der Waals surface area contributed by atoms with Crippen LogP contribution in [-0.4, -0.2) is 19.1 Å². The van der Waals surface area contributed by atoms with E-state index in [0.29, 0.717) is 28.3 Å². The van der Waals surface area contributed by atoms with Crippen molar-refractivity contribution < 1.29 is 9.53 Å². The largest absolute Gasteiger partial charge is 0.491 e. The lowest BCUT2D eigenvalue weighted by molar-refractivity contribution is -0.118. The van der Waals surface area contributed by atoms with E-state index in [1.54, 1.807) is 12.1 Å². The summed E-state index contributed by atoms with van der Waals surface area (Å²) in [7, 11) is 0. The molecule has 4 nitrogen and oxygen atoms in total. The van der Waals surface area contributed by atoms with E-state index in [9.17, 15) is 4.79 Å². The summed E-state index contributed by atoms with van der Waals surface area (Å²) in [4.78, 5) is 10.7. The lowest BCUT2D eigenvalue weighted by Gasteiger charge is -2.15. The van der Waals surface area contributed by atoms with Crippen molar-refractivity contribution in [2.24, 2.45) is 11.7 Å². The second-order valence-corrected chi connectivity index (χ2v) is 5.81. The van der Waals surface area contributed by atoms with Crippen molar-refractivity contribution in [2.45, 2.75) is 26.8 Å². The number of halogens is 2. The van der Waals surface area contributed by atoms with Crippen molar-refractivity contribution in [3.05, 3.63) is 27.7 Å². The van der Waals surface area contributed by atoms with Gasteiger partial charge in [0.25, 0.3) is 0 Å². The maximum absolute atomic E-state index is 10.7. The molecule has 1 amide bonds. The van der Waals surface area contributed by atoms with Crippen LogP contribution in [-0.2, 0) is 11.3 Å². The molecule has 6 heteroatoms. The molecule has 112 valence electrons. The lowest BCUT2D eigenvalue weighted by atomic mass is 10.1. The molecule has 0 fully saturated rings. The fourth-order valence-electron chi connectivity index (χ4n) is 1.66. The molecule has 0 unspecified atom stereocenters. The van der Waals surface area contributed by atoms with E-state index in [2.05, 4.69) is 19.2 Å². The number of primary amides is 1. The molecule has 0 saturated carbocycles. The van der Waals surface area contributed by atoms with Gasteiger partial charge in [-0.25, -0.2) is 0 Å². The molecule has 0 spiro atoms. The monoisotopic (exact) mass is 318 g/mol. The van der Waals surface area contributed by atoms with Gasteiger partial charge in [0, 0.05) is 17.1 Å². The number of rotatable bonds is 8. The van der Waals surface area contributed by atoms with Crippen LogP contribution >= 0.6 is 23.2 Å². The minimum absolute atomic E-state index is 0.151. The normalized spacial score (nSPS) is 10.8. The Hall–Kier alpha value is -0.970. The Labute approximate surface area is 129 Å². The smallest absolute Gasteiger partial charge is 0.220 e. The van der Waals surface area contributed by atoms with E-state index >= 15 is 0 Å². The van der Waals surface area contributed by atoms with Crippen LogP contribution in [0.5, 0.6) is 5.75 Å². The van der Waals surface area contributed by atoms with Gasteiger partial charge in [-0.15, -0.1) is 0 Å². The molecular formula is C14H20Cl2N2O2. The lowest BCUT2D eigenvalue weighted by Crippen LogP contribution is -2.20. The van der Waals surface area contributed by atoms with Gasteiger partial charge in [0.1, 0.15) is 5.75 Å². The first kappa shape index (κ1) is 17.1. The first-order valence-corrected chi connectivity index (χ1v) is 7.25. The molecule has 1 rings (SSSR count). The average molecular weight is 319 g/mol. The summed E-state index contributed by atoms with van der Waals surface area (Å²) in [5.41, 5.74) is 5.95. The number of carbonyl (C=O) groups is 1. The number of benzene rings is 1. The molecule has 0 aliphatic heterocycles. The second kappa shape index (κ2) is 8.35. The first-order valence-electron chi connectivity index (χ1n) is 6.50. The molecule has 0 atom stereocenters. The van der Waals surface area contributed by atoms with Gasteiger partial charge in [-0.3, -0.25) is 4.79 Å². The van der Waals surface area contributed by atoms with E-state index in [1.165, 1.54) is 0 Å². The summed E-state index contributed by atoms with van der Waals surface area (Å²) in [5, 5.41) is 4.29. The van der Waals surface area contributed by atoms with Crippen LogP contribution in [0, 0.1) is 5.92 Å². The molecule has 0 aliphatic carbocycles. The standard InChI is InChI=1S/C14H20Cl2N2O2/c1-9(2)7-18-8-10-5-11(15)6-12(16)14(10)20-4-3-13(17)19/h5-6,9,18H,3-4,7-8H2,1-2H3,(H2,17,19). The topological polar surface area (TPSA) is 64.3 Å². The van der Waals surface area contributed by atoms with Crippen LogP contribution < -0.4 is 15.8 Å². The van der Waals surface area contributed by atoms with Crippen molar-refractivity contribution in [1.29, 1.82) is 0 Å². The highest BCUT2D eigenvalue weighted by Crippen LogP contribution is 2.32. The third kappa shape index (κ3) is 5.99. The molecular weight excluding hydrogens is 299 g/mol. The number of hydrogen-bond acceptors (Lipinski definition) is 3. The van der Waals surface area contributed by atoms with E-state index in [-0.39, 0.29) is 13.0 Å². The van der Waals surface area contributed by atoms with Gasteiger partial charge in [-0.2, -0.15) is 0 Å². The van der Waals surface area contributed by atoms with Crippen molar-refractivity contribution in [2.75, 3.05) is 13.2 Å². The Balaban J connectivity index is 2.76. The van der Waals surface area contributed by atoms with Crippen LogP contribution in [0.15, 0.2) is 12.1 Å². The van der Waals surface area contributed by atoms with Crippen LogP contribution in [0.25, 0.3) is 0 Å². The van der Waals surface area contributed by atoms with E-state index in [4.69, 9.17) is 33.7 Å². The van der Waals surface area contributed by atoms with E-state index < -0.39 is 5.91 Å². The molecule has 0 radical (unpaired) electrons. The number of carbonyl (C=O) groups excluding carboxylic acids is 1. The van der Waals surface area contributed by atoms with Gasteiger partial charge in [0.15, 0.2) is 0 Å². The van der Waals surface area contributed by atoms with Gasteiger partial charge in [0.2, 0.25) is 5.91 Å². The number of nitrogens with two attached hydrogens (primary N) is 1. The van der Waals surface area contributed by atoms with Crippen LogP contribution in [0.1, 0.15) is 25.8 Å². The summed E-state index contributed by atoms with van der Waals surface area (Å²) in [6.07, 6.45) is 0.151. The average Bonchev–Trinajstić information content (AvgIpc) is 2.31. The van der Waals surface area contributed by atoms with Gasteiger partial charge in [0.05, 0.1) is 18.1 Å².